The molecule has 2 unspecified atom stereocenters. The fraction of sp³-hybridized carbons (Fsp3) is 0.294. The average molecular weight is 332 g/mol. The van der Waals surface area contributed by atoms with Gasteiger partial charge in [0.25, 0.3) is 0 Å². The Labute approximate surface area is 128 Å². The maximum atomic E-state index is 6.46. The van der Waals surface area contributed by atoms with Crippen molar-refractivity contribution in [3.8, 4) is 5.75 Å². The molecule has 3 rings (SSSR count). The molecule has 0 saturated heterocycles. The van der Waals surface area contributed by atoms with Gasteiger partial charge in [-0.05, 0) is 48.2 Å². The largest absolute Gasteiger partial charge is 0.488 e. The van der Waals surface area contributed by atoms with Gasteiger partial charge in [0.1, 0.15) is 11.9 Å². The van der Waals surface area contributed by atoms with Crippen LogP contribution in [0.4, 0.5) is 0 Å². The molecule has 0 amide bonds. The standard InChI is InChI=1S/C17H18BrNO/c1-10-8-14(18)11(2)7-13(10)17(19)16-9-12-5-3-4-6-15(12)20-16/h3-8,16-17H,9,19H2,1-2H3. The third-order valence-electron chi connectivity index (χ3n) is 3.98. The van der Waals surface area contributed by atoms with Crippen molar-refractivity contribution in [2.24, 2.45) is 5.73 Å². The minimum atomic E-state index is -0.103. The lowest BCUT2D eigenvalue weighted by molar-refractivity contribution is 0.199. The number of fused-ring (bicyclic) bond motifs is 1. The summed E-state index contributed by atoms with van der Waals surface area (Å²) >= 11 is 3.56. The molecule has 1 aliphatic rings. The molecule has 0 saturated carbocycles. The van der Waals surface area contributed by atoms with Gasteiger partial charge in [0, 0.05) is 10.9 Å². The molecule has 1 heterocycles. The monoisotopic (exact) mass is 331 g/mol. The molecule has 2 aromatic rings. The average Bonchev–Trinajstić information content (AvgIpc) is 2.86. The van der Waals surface area contributed by atoms with Gasteiger partial charge in [0.15, 0.2) is 0 Å². The highest BCUT2D eigenvalue weighted by Gasteiger charge is 2.29. The minimum Gasteiger partial charge on any atom is -0.488 e. The molecule has 2 N–H and O–H groups in total. The molecule has 2 aromatic carbocycles. The topological polar surface area (TPSA) is 35.2 Å². The van der Waals surface area contributed by atoms with Crippen LogP contribution in [0.25, 0.3) is 0 Å². The Balaban J connectivity index is 1.88. The van der Waals surface area contributed by atoms with Crippen LogP contribution < -0.4 is 10.5 Å². The van der Waals surface area contributed by atoms with Crippen LogP contribution in [-0.4, -0.2) is 6.10 Å². The smallest absolute Gasteiger partial charge is 0.123 e. The molecule has 0 fully saturated rings. The van der Waals surface area contributed by atoms with Gasteiger partial charge in [-0.25, -0.2) is 0 Å². The van der Waals surface area contributed by atoms with Gasteiger partial charge >= 0.3 is 0 Å². The third kappa shape index (κ3) is 2.36. The first-order valence-electron chi connectivity index (χ1n) is 6.83. The van der Waals surface area contributed by atoms with Gasteiger partial charge in [-0.3, -0.25) is 0 Å². The predicted octanol–water partition coefficient (Wildman–Crippen LogP) is 4.07. The van der Waals surface area contributed by atoms with E-state index in [9.17, 15) is 0 Å². The quantitative estimate of drug-likeness (QED) is 0.900. The predicted molar refractivity (Wildman–Crippen MR) is 85.1 cm³/mol. The van der Waals surface area contributed by atoms with Crippen molar-refractivity contribution in [3.63, 3.8) is 0 Å². The van der Waals surface area contributed by atoms with Crippen LogP contribution in [0.5, 0.6) is 5.75 Å². The number of nitrogens with two attached hydrogens (primary N) is 1. The molecule has 0 aromatic heterocycles. The van der Waals surface area contributed by atoms with Crippen molar-refractivity contribution in [3.05, 3.63) is 63.1 Å². The van der Waals surface area contributed by atoms with E-state index < -0.39 is 0 Å². The number of rotatable bonds is 2. The molecular formula is C17H18BrNO. The van der Waals surface area contributed by atoms with Gasteiger partial charge in [0.2, 0.25) is 0 Å². The molecule has 0 aliphatic carbocycles. The van der Waals surface area contributed by atoms with Crippen LogP contribution >= 0.6 is 15.9 Å². The third-order valence-corrected chi connectivity index (χ3v) is 4.83. The van der Waals surface area contributed by atoms with Gasteiger partial charge in [-0.15, -0.1) is 0 Å². The van der Waals surface area contributed by atoms with Crippen molar-refractivity contribution in [1.29, 1.82) is 0 Å². The van der Waals surface area contributed by atoms with Crippen molar-refractivity contribution in [1.82, 2.24) is 0 Å². The van der Waals surface area contributed by atoms with Gasteiger partial charge in [0.05, 0.1) is 6.04 Å². The zero-order chi connectivity index (χ0) is 14.3. The van der Waals surface area contributed by atoms with Crippen LogP contribution in [0, 0.1) is 13.8 Å². The Morgan fingerprint density at radius 1 is 1.20 bits per heavy atom. The molecule has 0 radical (unpaired) electrons. The van der Waals surface area contributed by atoms with Gasteiger partial charge in [-0.1, -0.05) is 40.2 Å². The number of hydrogen-bond donors (Lipinski definition) is 1. The summed E-state index contributed by atoms with van der Waals surface area (Å²) in [5.74, 6) is 0.972. The summed E-state index contributed by atoms with van der Waals surface area (Å²) in [6, 6.07) is 12.4. The van der Waals surface area contributed by atoms with E-state index in [1.54, 1.807) is 0 Å². The molecule has 104 valence electrons. The Morgan fingerprint density at radius 3 is 2.70 bits per heavy atom. The van der Waals surface area contributed by atoms with Gasteiger partial charge in [-0.2, -0.15) is 0 Å². The number of ether oxygens (including phenoxy) is 1. The summed E-state index contributed by atoms with van der Waals surface area (Å²) in [6.07, 6.45) is 0.901. The minimum absolute atomic E-state index is 0.0201. The van der Waals surface area contributed by atoms with E-state index in [1.165, 1.54) is 22.3 Å². The SMILES string of the molecule is Cc1cc(C(N)C2Cc3ccccc3O2)c(C)cc1Br. The van der Waals surface area contributed by atoms with E-state index in [0.717, 1.165) is 16.6 Å². The normalized spacial score (nSPS) is 18.5. The zero-order valence-corrected chi connectivity index (χ0v) is 13.3. The van der Waals surface area contributed by atoms with Crippen molar-refractivity contribution in [2.75, 3.05) is 0 Å². The molecule has 0 spiro atoms. The lowest BCUT2D eigenvalue weighted by Crippen LogP contribution is -2.30. The maximum absolute atomic E-state index is 6.46. The number of hydrogen-bond acceptors (Lipinski definition) is 2. The van der Waals surface area contributed by atoms with Crippen molar-refractivity contribution < 1.29 is 4.74 Å². The molecule has 2 atom stereocenters. The van der Waals surface area contributed by atoms with Crippen molar-refractivity contribution >= 4 is 15.9 Å². The van der Waals surface area contributed by atoms with Crippen LogP contribution in [-0.2, 0) is 6.42 Å². The molecule has 0 bridgehead atoms. The van der Waals surface area contributed by atoms with Gasteiger partial charge < -0.3 is 10.5 Å². The van der Waals surface area contributed by atoms with E-state index in [0.29, 0.717) is 0 Å². The molecule has 20 heavy (non-hydrogen) atoms. The van der Waals surface area contributed by atoms with E-state index in [4.69, 9.17) is 10.5 Å². The highest BCUT2D eigenvalue weighted by molar-refractivity contribution is 9.10. The lowest BCUT2D eigenvalue weighted by Gasteiger charge is -2.22. The number of benzene rings is 2. The zero-order valence-electron chi connectivity index (χ0n) is 11.7. The van der Waals surface area contributed by atoms with Crippen molar-refractivity contribution in [2.45, 2.75) is 32.4 Å². The van der Waals surface area contributed by atoms with E-state index in [-0.39, 0.29) is 12.1 Å². The molecular weight excluding hydrogens is 314 g/mol. The first-order chi connectivity index (χ1) is 9.56. The number of aryl methyl sites for hydroxylation is 2. The Hall–Kier alpha value is -1.32. The second-order valence-corrected chi connectivity index (χ2v) is 6.31. The Kier molecular flexibility index (Phi) is 3.57. The molecule has 1 aliphatic heterocycles. The van der Waals surface area contributed by atoms with Crippen LogP contribution in [0.2, 0.25) is 0 Å². The first kappa shape index (κ1) is 13.7. The lowest BCUT2D eigenvalue weighted by atomic mass is 9.94. The molecule has 3 heteroatoms. The van der Waals surface area contributed by atoms with E-state index in [2.05, 4.69) is 48.0 Å². The Bertz CT molecular complexity index is 628. The fourth-order valence-electron chi connectivity index (χ4n) is 2.77. The summed E-state index contributed by atoms with van der Waals surface area (Å²) in [7, 11) is 0. The second kappa shape index (κ2) is 5.23. The summed E-state index contributed by atoms with van der Waals surface area (Å²) in [5, 5.41) is 0. The Morgan fingerprint density at radius 2 is 1.95 bits per heavy atom. The summed E-state index contributed by atoms with van der Waals surface area (Å²) < 4.78 is 7.14. The van der Waals surface area contributed by atoms with E-state index in [1.807, 2.05) is 18.2 Å². The highest BCUT2D eigenvalue weighted by Crippen LogP contribution is 2.34. The summed E-state index contributed by atoms with van der Waals surface area (Å²) in [5.41, 5.74) is 11.3. The number of halogens is 1. The summed E-state index contributed by atoms with van der Waals surface area (Å²) in [6.45, 7) is 4.19. The van der Waals surface area contributed by atoms with Crippen LogP contribution in [0.3, 0.4) is 0 Å². The summed E-state index contributed by atoms with van der Waals surface area (Å²) in [4.78, 5) is 0. The highest BCUT2D eigenvalue weighted by atomic mass is 79.9. The second-order valence-electron chi connectivity index (χ2n) is 5.45. The first-order valence-corrected chi connectivity index (χ1v) is 7.62. The fourth-order valence-corrected chi connectivity index (χ4v) is 3.23. The maximum Gasteiger partial charge on any atom is 0.123 e. The van der Waals surface area contributed by atoms with E-state index >= 15 is 0 Å². The van der Waals surface area contributed by atoms with Crippen LogP contribution in [0.1, 0.15) is 28.3 Å². The van der Waals surface area contributed by atoms with Crippen LogP contribution in [0.15, 0.2) is 40.9 Å². The number of para-hydroxylation sites is 1. The molecule has 2 nitrogen and oxygen atoms in total.